The monoisotopic (exact) mass is 201 g/mol. The van der Waals surface area contributed by atoms with Gasteiger partial charge in [0.05, 0.1) is 0 Å². The first-order chi connectivity index (χ1) is 6.00. The molecule has 0 saturated heterocycles. The number of hydrogen-bond donors (Lipinski definition) is 1. The van der Waals surface area contributed by atoms with E-state index < -0.39 is 0 Å². The molecule has 1 heterocycles. The number of thioether (sulfide) groups is 1. The van der Waals surface area contributed by atoms with Gasteiger partial charge in [0.2, 0.25) is 11.8 Å². The molecule has 0 aliphatic carbocycles. The molecule has 0 aromatic carbocycles. The van der Waals surface area contributed by atoms with Crippen molar-refractivity contribution in [1.82, 2.24) is 10.3 Å². The summed E-state index contributed by atoms with van der Waals surface area (Å²) in [5.74, 6) is -0.302. The molecule has 0 radical (unpaired) electrons. The molecule has 6 heteroatoms. The average molecular weight is 201 g/mol. The van der Waals surface area contributed by atoms with Gasteiger partial charge in [0.1, 0.15) is 5.37 Å². The Kier molecular flexibility index (Phi) is 2.92. The summed E-state index contributed by atoms with van der Waals surface area (Å²) in [6.07, 6.45) is 0. The first-order valence-electron chi connectivity index (χ1n) is 3.83. The number of rotatable bonds is 0. The van der Waals surface area contributed by atoms with Gasteiger partial charge >= 0.3 is 0 Å². The van der Waals surface area contributed by atoms with E-state index in [-0.39, 0.29) is 17.2 Å². The van der Waals surface area contributed by atoms with Crippen LogP contribution in [0.1, 0.15) is 20.8 Å². The molecule has 1 rings (SSSR count). The number of carbonyl (C=O) groups excluding carboxylic acids is 2. The van der Waals surface area contributed by atoms with Crippen molar-refractivity contribution in [3.05, 3.63) is 0 Å². The van der Waals surface area contributed by atoms with Crippen LogP contribution in [0.5, 0.6) is 0 Å². The number of amides is 2. The molecule has 5 nitrogen and oxygen atoms in total. The quantitative estimate of drug-likeness (QED) is 0.614. The van der Waals surface area contributed by atoms with Crippen LogP contribution < -0.4 is 5.32 Å². The molecule has 1 atom stereocenters. The van der Waals surface area contributed by atoms with Crippen LogP contribution in [0.15, 0.2) is 5.10 Å². The predicted molar refractivity (Wildman–Crippen MR) is 50.8 cm³/mol. The van der Waals surface area contributed by atoms with Crippen LogP contribution in [0.25, 0.3) is 0 Å². The lowest BCUT2D eigenvalue weighted by atomic mass is 10.6. The average Bonchev–Trinajstić information content (AvgIpc) is 2.29. The van der Waals surface area contributed by atoms with Gasteiger partial charge in [-0.2, -0.15) is 0 Å². The normalized spacial score (nSPS) is 21.3. The van der Waals surface area contributed by atoms with E-state index in [1.54, 1.807) is 0 Å². The Balaban J connectivity index is 2.66. The van der Waals surface area contributed by atoms with Crippen molar-refractivity contribution in [2.45, 2.75) is 26.1 Å². The molecule has 0 saturated carbocycles. The zero-order valence-electron chi connectivity index (χ0n) is 7.70. The van der Waals surface area contributed by atoms with Crippen molar-refractivity contribution in [2.75, 3.05) is 0 Å². The van der Waals surface area contributed by atoms with Gasteiger partial charge in [-0.1, -0.05) is 11.8 Å². The summed E-state index contributed by atoms with van der Waals surface area (Å²) < 4.78 is 0. The van der Waals surface area contributed by atoms with E-state index in [4.69, 9.17) is 0 Å². The van der Waals surface area contributed by atoms with E-state index in [0.717, 1.165) is 0 Å². The van der Waals surface area contributed by atoms with E-state index in [0.29, 0.717) is 5.17 Å². The molecule has 1 aliphatic heterocycles. The zero-order chi connectivity index (χ0) is 10.0. The van der Waals surface area contributed by atoms with Crippen LogP contribution in [0.2, 0.25) is 0 Å². The van der Waals surface area contributed by atoms with Crippen LogP contribution in [-0.4, -0.2) is 27.4 Å². The Morgan fingerprint density at radius 3 is 2.54 bits per heavy atom. The largest absolute Gasteiger partial charge is 0.304 e. The number of hydrogen-bond acceptors (Lipinski definition) is 4. The van der Waals surface area contributed by atoms with E-state index in [1.165, 1.54) is 30.6 Å². The van der Waals surface area contributed by atoms with E-state index in [9.17, 15) is 9.59 Å². The van der Waals surface area contributed by atoms with E-state index in [1.807, 2.05) is 6.92 Å². The zero-order valence-corrected chi connectivity index (χ0v) is 8.51. The van der Waals surface area contributed by atoms with Gasteiger partial charge in [0, 0.05) is 13.8 Å². The number of nitrogens with zero attached hydrogens (tertiary/aromatic N) is 2. The summed E-state index contributed by atoms with van der Waals surface area (Å²) in [7, 11) is 0. The fourth-order valence-corrected chi connectivity index (χ4v) is 1.90. The maximum Gasteiger partial charge on any atom is 0.240 e. The van der Waals surface area contributed by atoms with E-state index in [2.05, 4.69) is 10.4 Å². The van der Waals surface area contributed by atoms with Gasteiger partial charge < -0.3 is 5.32 Å². The molecule has 0 bridgehead atoms. The molecule has 0 spiro atoms. The Bertz CT molecular complexity index is 277. The second kappa shape index (κ2) is 3.78. The number of nitrogens with one attached hydrogen (secondary N) is 1. The van der Waals surface area contributed by atoms with Gasteiger partial charge in [-0.25, -0.2) is 5.01 Å². The number of amidine groups is 1. The van der Waals surface area contributed by atoms with Crippen LogP contribution >= 0.6 is 11.8 Å². The fraction of sp³-hybridized carbons (Fsp3) is 0.571. The van der Waals surface area contributed by atoms with Gasteiger partial charge in [0.15, 0.2) is 5.17 Å². The van der Waals surface area contributed by atoms with Crippen molar-refractivity contribution in [3.63, 3.8) is 0 Å². The SMILES string of the molecule is CC(=O)NC1=NN(C(C)=O)[C@H](C)S1. The molecule has 0 aromatic heterocycles. The molecule has 1 N–H and O–H groups in total. The highest BCUT2D eigenvalue weighted by Crippen LogP contribution is 2.23. The van der Waals surface area contributed by atoms with Crippen molar-refractivity contribution in [3.8, 4) is 0 Å². The molecule has 2 amide bonds. The van der Waals surface area contributed by atoms with Gasteiger partial charge in [-0.15, -0.1) is 5.10 Å². The summed E-state index contributed by atoms with van der Waals surface area (Å²) in [6, 6.07) is 0. The molecule has 0 aromatic rings. The van der Waals surface area contributed by atoms with Crippen LogP contribution in [0, 0.1) is 0 Å². The lowest BCUT2D eigenvalue weighted by molar-refractivity contribution is -0.129. The second-order valence-corrected chi connectivity index (χ2v) is 3.97. The molecular formula is C7H11N3O2S. The van der Waals surface area contributed by atoms with Gasteiger partial charge in [-0.3, -0.25) is 9.59 Å². The first-order valence-corrected chi connectivity index (χ1v) is 4.71. The standard InChI is InChI=1S/C7H11N3O2S/c1-4(11)8-7-9-10(5(2)12)6(3)13-7/h6H,1-3H3,(H,8,9,11)/t6-/m0/s1. The molecule has 0 fully saturated rings. The summed E-state index contributed by atoms with van der Waals surface area (Å²) >= 11 is 1.35. The summed E-state index contributed by atoms with van der Waals surface area (Å²) in [6.45, 7) is 4.70. The van der Waals surface area contributed by atoms with Gasteiger partial charge in [0.25, 0.3) is 0 Å². The Hall–Kier alpha value is -1.04. The first kappa shape index (κ1) is 10.0. The summed E-state index contributed by atoms with van der Waals surface area (Å²) in [5, 5.41) is 8.26. The van der Waals surface area contributed by atoms with E-state index >= 15 is 0 Å². The molecular weight excluding hydrogens is 190 g/mol. The van der Waals surface area contributed by atoms with Crippen molar-refractivity contribution < 1.29 is 9.59 Å². The van der Waals surface area contributed by atoms with Crippen molar-refractivity contribution in [2.24, 2.45) is 5.10 Å². The Morgan fingerprint density at radius 1 is 1.54 bits per heavy atom. The van der Waals surface area contributed by atoms with Gasteiger partial charge in [-0.05, 0) is 6.92 Å². The minimum absolute atomic E-state index is 0.0423. The summed E-state index contributed by atoms with van der Waals surface area (Å²) in [5.41, 5.74) is 0. The minimum Gasteiger partial charge on any atom is -0.304 e. The van der Waals surface area contributed by atoms with Crippen LogP contribution in [0.4, 0.5) is 0 Å². The third-order valence-electron chi connectivity index (χ3n) is 1.43. The Morgan fingerprint density at radius 2 is 2.15 bits per heavy atom. The third-order valence-corrected chi connectivity index (χ3v) is 2.38. The highest BCUT2D eigenvalue weighted by Gasteiger charge is 2.26. The third kappa shape index (κ3) is 2.45. The fourth-order valence-electron chi connectivity index (χ4n) is 0.946. The number of hydrazone groups is 1. The molecule has 1 aliphatic rings. The topological polar surface area (TPSA) is 61.8 Å². The summed E-state index contributed by atoms with van der Waals surface area (Å²) in [4.78, 5) is 21.7. The molecule has 13 heavy (non-hydrogen) atoms. The van der Waals surface area contributed by atoms with Crippen molar-refractivity contribution in [1.29, 1.82) is 0 Å². The Labute approximate surface area is 80.5 Å². The predicted octanol–water partition coefficient (Wildman–Crippen LogP) is 0.335. The highest BCUT2D eigenvalue weighted by atomic mass is 32.2. The smallest absolute Gasteiger partial charge is 0.240 e. The molecule has 0 unspecified atom stereocenters. The minimum atomic E-state index is -0.177. The number of carbonyl (C=O) groups is 2. The van der Waals surface area contributed by atoms with Crippen molar-refractivity contribution >= 4 is 28.7 Å². The van der Waals surface area contributed by atoms with Crippen LogP contribution in [-0.2, 0) is 9.59 Å². The molecule has 72 valence electrons. The lowest BCUT2D eigenvalue weighted by Crippen LogP contribution is -2.26. The maximum atomic E-state index is 11.0. The lowest BCUT2D eigenvalue weighted by Gasteiger charge is -2.12. The highest BCUT2D eigenvalue weighted by molar-refractivity contribution is 8.14. The maximum absolute atomic E-state index is 11.0. The van der Waals surface area contributed by atoms with Crippen LogP contribution in [0.3, 0.4) is 0 Å². The second-order valence-electron chi connectivity index (χ2n) is 2.67.